The molecule has 2 heterocycles. The lowest BCUT2D eigenvalue weighted by molar-refractivity contribution is 0.0745. The lowest BCUT2D eigenvalue weighted by Gasteiger charge is -2.34. The molecule has 1 fully saturated rings. The zero-order chi connectivity index (χ0) is 20.3. The van der Waals surface area contributed by atoms with Crippen LogP contribution in [-0.2, 0) is 10.0 Å². The van der Waals surface area contributed by atoms with Crippen LogP contribution < -0.4 is 4.90 Å². The van der Waals surface area contributed by atoms with E-state index < -0.39 is 10.0 Å². The second kappa shape index (κ2) is 8.89. The van der Waals surface area contributed by atoms with Crippen molar-refractivity contribution in [2.24, 2.45) is 0 Å². The molecule has 1 aliphatic rings. The van der Waals surface area contributed by atoms with Gasteiger partial charge in [0.15, 0.2) is 5.13 Å². The minimum absolute atomic E-state index is 0.143. The number of hydrogen-bond acceptors (Lipinski definition) is 6. The highest BCUT2D eigenvalue weighted by Gasteiger charge is 2.27. The Kier molecular flexibility index (Phi) is 6.74. The molecule has 7 nitrogen and oxygen atoms in total. The van der Waals surface area contributed by atoms with E-state index in [0.29, 0.717) is 49.3 Å². The fraction of sp³-hybridized carbons (Fsp3) is 0.444. The number of thiazole rings is 1. The highest BCUT2D eigenvalue weighted by molar-refractivity contribution is 9.10. The van der Waals surface area contributed by atoms with Crippen molar-refractivity contribution in [2.45, 2.75) is 18.7 Å². The molecule has 152 valence electrons. The SMILES string of the molecule is CCN(CC)S(=O)(=O)c1ccc(Br)c(C(=O)N2CCN(c3nccs3)CC2)c1. The zero-order valence-corrected chi connectivity index (χ0v) is 19.1. The van der Waals surface area contributed by atoms with Crippen molar-refractivity contribution in [1.82, 2.24) is 14.2 Å². The summed E-state index contributed by atoms with van der Waals surface area (Å²) in [5.74, 6) is -0.165. The Balaban J connectivity index is 1.79. The molecule has 0 spiro atoms. The molecule has 0 atom stereocenters. The Morgan fingerprint density at radius 1 is 1.21 bits per heavy atom. The molecule has 28 heavy (non-hydrogen) atoms. The average molecular weight is 487 g/mol. The van der Waals surface area contributed by atoms with E-state index >= 15 is 0 Å². The summed E-state index contributed by atoms with van der Waals surface area (Å²) < 4.78 is 27.6. The minimum Gasteiger partial charge on any atom is -0.345 e. The van der Waals surface area contributed by atoms with Crippen LogP contribution in [0.15, 0.2) is 39.1 Å². The van der Waals surface area contributed by atoms with Crippen LogP contribution in [0.3, 0.4) is 0 Å². The van der Waals surface area contributed by atoms with Gasteiger partial charge in [-0.05, 0) is 34.1 Å². The number of rotatable bonds is 6. The number of carbonyl (C=O) groups is 1. The van der Waals surface area contributed by atoms with Gasteiger partial charge >= 0.3 is 0 Å². The van der Waals surface area contributed by atoms with Crippen molar-refractivity contribution < 1.29 is 13.2 Å². The second-order valence-corrected chi connectivity index (χ2v) is 9.99. The van der Waals surface area contributed by atoms with Crippen LogP contribution in [0.2, 0.25) is 0 Å². The van der Waals surface area contributed by atoms with Crippen LogP contribution >= 0.6 is 27.3 Å². The van der Waals surface area contributed by atoms with Gasteiger partial charge in [0.25, 0.3) is 5.91 Å². The van der Waals surface area contributed by atoms with E-state index in [9.17, 15) is 13.2 Å². The van der Waals surface area contributed by atoms with Crippen LogP contribution in [0, 0.1) is 0 Å². The van der Waals surface area contributed by atoms with E-state index in [0.717, 1.165) is 5.13 Å². The first-order chi connectivity index (χ1) is 13.4. The van der Waals surface area contributed by atoms with Gasteiger partial charge < -0.3 is 9.80 Å². The van der Waals surface area contributed by atoms with E-state index in [-0.39, 0.29) is 10.8 Å². The van der Waals surface area contributed by atoms with Crippen LogP contribution in [0.4, 0.5) is 5.13 Å². The van der Waals surface area contributed by atoms with Gasteiger partial charge in [0.1, 0.15) is 0 Å². The highest BCUT2D eigenvalue weighted by Crippen LogP contribution is 2.26. The lowest BCUT2D eigenvalue weighted by atomic mass is 10.2. The molecule has 1 aromatic carbocycles. The first-order valence-corrected chi connectivity index (χ1v) is 12.2. The first-order valence-electron chi connectivity index (χ1n) is 9.11. The molecule has 2 aromatic rings. The summed E-state index contributed by atoms with van der Waals surface area (Å²) in [6.45, 7) is 6.91. The Bertz CT molecular complexity index is 922. The van der Waals surface area contributed by atoms with Crippen molar-refractivity contribution in [1.29, 1.82) is 0 Å². The quantitative estimate of drug-likeness (QED) is 0.627. The third kappa shape index (κ3) is 4.24. The van der Waals surface area contributed by atoms with Gasteiger partial charge in [-0.15, -0.1) is 11.3 Å². The van der Waals surface area contributed by atoms with Crippen LogP contribution in [0.25, 0.3) is 0 Å². The zero-order valence-electron chi connectivity index (χ0n) is 15.8. The molecule has 0 unspecified atom stereocenters. The smallest absolute Gasteiger partial charge is 0.255 e. The van der Waals surface area contributed by atoms with E-state index in [2.05, 4.69) is 25.8 Å². The minimum atomic E-state index is -3.62. The Hall–Kier alpha value is -1.49. The number of piperazine rings is 1. The molecule has 10 heteroatoms. The van der Waals surface area contributed by atoms with Crippen LogP contribution in [-0.4, -0.2) is 67.8 Å². The van der Waals surface area contributed by atoms with E-state index in [4.69, 9.17) is 0 Å². The molecule has 1 aromatic heterocycles. The molecule has 1 aliphatic heterocycles. The molecule has 0 aliphatic carbocycles. The van der Waals surface area contributed by atoms with Gasteiger partial charge in [0, 0.05) is 55.3 Å². The van der Waals surface area contributed by atoms with Gasteiger partial charge in [0.2, 0.25) is 10.0 Å². The number of aromatic nitrogens is 1. The fourth-order valence-electron chi connectivity index (χ4n) is 3.18. The number of amides is 1. The molecular weight excluding hydrogens is 464 g/mol. The molecule has 1 amide bonds. The number of anilines is 1. The Labute approximate surface area is 178 Å². The number of nitrogens with zero attached hydrogens (tertiary/aromatic N) is 4. The van der Waals surface area contributed by atoms with Crippen molar-refractivity contribution in [3.8, 4) is 0 Å². The van der Waals surface area contributed by atoms with Gasteiger partial charge in [-0.2, -0.15) is 4.31 Å². The standard InChI is InChI=1S/C18H23BrN4O3S2/c1-3-23(4-2)28(25,26)14-5-6-16(19)15(13-14)17(24)21-8-10-22(11-9-21)18-20-7-12-27-18/h5-7,12-13H,3-4,8-11H2,1-2H3. The lowest BCUT2D eigenvalue weighted by Crippen LogP contribution is -2.48. The molecule has 0 N–H and O–H groups in total. The molecule has 0 saturated carbocycles. The van der Waals surface area contributed by atoms with E-state index in [1.807, 2.05) is 5.38 Å². The normalized spacial score (nSPS) is 15.3. The number of benzene rings is 1. The van der Waals surface area contributed by atoms with Gasteiger partial charge in [-0.25, -0.2) is 13.4 Å². The molecule has 0 radical (unpaired) electrons. The number of carbonyl (C=O) groups excluding carboxylic acids is 1. The van der Waals surface area contributed by atoms with Crippen molar-refractivity contribution in [3.05, 3.63) is 39.8 Å². The second-order valence-electron chi connectivity index (χ2n) is 6.32. The Morgan fingerprint density at radius 2 is 1.89 bits per heavy atom. The molecular formula is C18H23BrN4O3S2. The topological polar surface area (TPSA) is 73.8 Å². The maximum atomic E-state index is 13.1. The first kappa shape index (κ1) is 21.2. The van der Waals surface area contributed by atoms with E-state index in [1.165, 1.54) is 16.4 Å². The molecule has 0 bridgehead atoms. The largest absolute Gasteiger partial charge is 0.345 e. The van der Waals surface area contributed by atoms with Gasteiger partial charge in [0.05, 0.1) is 10.5 Å². The van der Waals surface area contributed by atoms with Gasteiger partial charge in [-0.3, -0.25) is 4.79 Å². The maximum Gasteiger partial charge on any atom is 0.255 e. The van der Waals surface area contributed by atoms with Crippen molar-refractivity contribution in [2.75, 3.05) is 44.2 Å². The predicted octanol–water partition coefficient (Wildman–Crippen LogP) is 2.90. The number of hydrogen-bond donors (Lipinski definition) is 0. The summed E-state index contributed by atoms with van der Waals surface area (Å²) in [4.78, 5) is 21.4. The van der Waals surface area contributed by atoms with Crippen LogP contribution in [0.5, 0.6) is 0 Å². The monoisotopic (exact) mass is 486 g/mol. The van der Waals surface area contributed by atoms with E-state index in [1.54, 1.807) is 42.3 Å². The molecule has 1 saturated heterocycles. The fourth-order valence-corrected chi connectivity index (χ4v) is 5.78. The van der Waals surface area contributed by atoms with Crippen LogP contribution in [0.1, 0.15) is 24.2 Å². The Morgan fingerprint density at radius 3 is 2.46 bits per heavy atom. The third-order valence-electron chi connectivity index (χ3n) is 4.77. The van der Waals surface area contributed by atoms with Crippen molar-refractivity contribution in [3.63, 3.8) is 0 Å². The summed E-state index contributed by atoms with van der Waals surface area (Å²) >= 11 is 4.99. The average Bonchev–Trinajstić information content (AvgIpc) is 3.23. The third-order valence-corrected chi connectivity index (χ3v) is 8.34. The molecule has 3 rings (SSSR count). The van der Waals surface area contributed by atoms with Gasteiger partial charge in [-0.1, -0.05) is 13.8 Å². The predicted molar refractivity (Wildman–Crippen MR) is 114 cm³/mol. The highest BCUT2D eigenvalue weighted by atomic mass is 79.9. The number of sulfonamides is 1. The summed E-state index contributed by atoms with van der Waals surface area (Å²) in [5, 5.41) is 2.90. The maximum absolute atomic E-state index is 13.1. The summed E-state index contributed by atoms with van der Waals surface area (Å²) in [7, 11) is -3.62. The summed E-state index contributed by atoms with van der Waals surface area (Å²) in [6, 6.07) is 4.65. The number of halogens is 1. The summed E-state index contributed by atoms with van der Waals surface area (Å²) in [6.07, 6.45) is 1.77. The van der Waals surface area contributed by atoms with Crippen molar-refractivity contribution >= 4 is 48.3 Å². The summed E-state index contributed by atoms with van der Waals surface area (Å²) in [5.41, 5.74) is 0.371.